The lowest BCUT2D eigenvalue weighted by Crippen LogP contribution is -2.21. The van der Waals surface area contributed by atoms with Gasteiger partial charge in [0.2, 0.25) is 6.79 Å². The van der Waals surface area contributed by atoms with Crippen LogP contribution in [0.5, 0.6) is 17.2 Å². The van der Waals surface area contributed by atoms with E-state index < -0.39 is 12.3 Å². The minimum Gasteiger partial charge on any atom is -0.476 e. The zero-order valence-electron chi connectivity index (χ0n) is 7.47. The monoisotopic (exact) mass is 214 g/mol. The van der Waals surface area contributed by atoms with Gasteiger partial charge in [0.1, 0.15) is 5.75 Å². The number of aliphatic carboxylic acids is 1. The fourth-order valence-electron chi connectivity index (χ4n) is 1.12. The van der Waals surface area contributed by atoms with Crippen molar-refractivity contribution in [2.75, 3.05) is 6.79 Å². The molecule has 1 heterocycles. The lowest BCUT2D eigenvalue weighted by molar-refractivity contribution is -0.153. The fraction of sp³-hybridized carbons (Fsp3) is 0.222. The summed E-state index contributed by atoms with van der Waals surface area (Å²) < 4.78 is 27.2. The number of halogens is 1. The molecule has 15 heavy (non-hydrogen) atoms. The van der Waals surface area contributed by atoms with Crippen molar-refractivity contribution >= 4 is 5.97 Å². The van der Waals surface area contributed by atoms with Gasteiger partial charge >= 0.3 is 12.3 Å². The number of benzene rings is 1. The van der Waals surface area contributed by atoms with Gasteiger partial charge in [0.15, 0.2) is 11.5 Å². The van der Waals surface area contributed by atoms with Crippen molar-refractivity contribution in [2.45, 2.75) is 6.36 Å². The number of carboxylic acid groups (broad SMARTS) is 1. The molecular formula is C9H7FO5. The van der Waals surface area contributed by atoms with E-state index in [9.17, 15) is 9.18 Å². The number of fused-ring (bicyclic) bond motifs is 1. The number of rotatable bonds is 3. The molecular weight excluding hydrogens is 207 g/mol. The highest BCUT2D eigenvalue weighted by Gasteiger charge is 2.19. The van der Waals surface area contributed by atoms with Gasteiger partial charge in [-0.2, -0.15) is 4.39 Å². The maximum atomic E-state index is 12.7. The van der Waals surface area contributed by atoms with Crippen molar-refractivity contribution in [1.29, 1.82) is 0 Å². The molecule has 0 saturated carbocycles. The maximum absolute atomic E-state index is 12.7. The van der Waals surface area contributed by atoms with Gasteiger partial charge in [-0.3, -0.25) is 0 Å². The molecule has 1 aliphatic heterocycles. The molecule has 0 aliphatic carbocycles. The summed E-state index contributed by atoms with van der Waals surface area (Å²) in [6, 6.07) is 4.30. The number of hydrogen-bond acceptors (Lipinski definition) is 4. The Morgan fingerprint density at radius 2 is 2.20 bits per heavy atom. The largest absolute Gasteiger partial charge is 0.476 e. The molecule has 0 saturated heterocycles. The first-order chi connectivity index (χ1) is 7.16. The van der Waals surface area contributed by atoms with Crippen molar-refractivity contribution in [3.05, 3.63) is 18.2 Å². The molecule has 0 radical (unpaired) electrons. The van der Waals surface area contributed by atoms with Gasteiger partial charge in [-0.15, -0.1) is 0 Å². The molecule has 6 heteroatoms. The Morgan fingerprint density at radius 3 is 2.93 bits per heavy atom. The molecule has 1 aromatic rings. The highest BCUT2D eigenvalue weighted by atomic mass is 19.1. The molecule has 0 aromatic heterocycles. The zero-order chi connectivity index (χ0) is 10.8. The van der Waals surface area contributed by atoms with Crippen LogP contribution < -0.4 is 14.2 Å². The lowest BCUT2D eigenvalue weighted by atomic mass is 10.3. The summed E-state index contributed by atoms with van der Waals surface area (Å²) in [7, 11) is 0. The van der Waals surface area contributed by atoms with E-state index in [0.29, 0.717) is 11.5 Å². The van der Waals surface area contributed by atoms with Crippen LogP contribution in [0.2, 0.25) is 0 Å². The van der Waals surface area contributed by atoms with Crippen molar-refractivity contribution in [2.24, 2.45) is 0 Å². The van der Waals surface area contributed by atoms with Gasteiger partial charge in [-0.1, -0.05) is 0 Å². The van der Waals surface area contributed by atoms with Gasteiger partial charge < -0.3 is 19.3 Å². The van der Waals surface area contributed by atoms with Crippen molar-refractivity contribution in [3.63, 3.8) is 0 Å². The minimum atomic E-state index is -2.38. The topological polar surface area (TPSA) is 65.0 Å². The maximum Gasteiger partial charge on any atom is 0.378 e. The smallest absolute Gasteiger partial charge is 0.378 e. The van der Waals surface area contributed by atoms with Crippen LogP contribution in [-0.4, -0.2) is 24.2 Å². The third-order valence-electron chi connectivity index (χ3n) is 1.78. The molecule has 1 aliphatic rings. The molecule has 0 amide bonds. The highest BCUT2D eigenvalue weighted by molar-refractivity contribution is 5.71. The van der Waals surface area contributed by atoms with Crippen molar-refractivity contribution in [1.82, 2.24) is 0 Å². The Bertz CT molecular complexity index is 392. The van der Waals surface area contributed by atoms with E-state index in [2.05, 4.69) is 4.74 Å². The first kappa shape index (κ1) is 9.57. The van der Waals surface area contributed by atoms with E-state index in [1.165, 1.54) is 18.2 Å². The number of ether oxygens (including phenoxy) is 3. The van der Waals surface area contributed by atoms with Gasteiger partial charge in [-0.05, 0) is 12.1 Å². The standard InChI is InChI=1S/C9H7FO5/c10-8(9(11)12)15-5-1-2-6-7(3-5)14-4-13-6/h1-3,8H,4H2,(H,11,12). The summed E-state index contributed by atoms with van der Waals surface area (Å²) in [5.41, 5.74) is 0. The number of carboxylic acids is 1. The Morgan fingerprint density at radius 1 is 1.47 bits per heavy atom. The SMILES string of the molecule is O=C(O)C(F)Oc1ccc2c(c1)OCO2. The molecule has 1 unspecified atom stereocenters. The van der Waals surface area contributed by atoms with Crippen LogP contribution in [0, 0.1) is 0 Å². The van der Waals surface area contributed by atoms with E-state index in [0.717, 1.165) is 0 Å². The van der Waals surface area contributed by atoms with Crippen LogP contribution in [0.15, 0.2) is 18.2 Å². The van der Waals surface area contributed by atoms with Crippen molar-refractivity contribution < 1.29 is 28.5 Å². The predicted octanol–water partition coefficient (Wildman–Crippen LogP) is 1.17. The lowest BCUT2D eigenvalue weighted by Gasteiger charge is -2.07. The third-order valence-corrected chi connectivity index (χ3v) is 1.78. The Hall–Kier alpha value is -1.98. The van der Waals surface area contributed by atoms with Crippen LogP contribution in [0.25, 0.3) is 0 Å². The fourth-order valence-corrected chi connectivity index (χ4v) is 1.12. The molecule has 0 fully saturated rings. The van der Waals surface area contributed by atoms with Crippen LogP contribution >= 0.6 is 0 Å². The molecule has 2 rings (SSSR count). The van der Waals surface area contributed by atoms with Gasteiger partial charge in [0.25, 0.3) is 0 Å². The van der Waals surface area contributed by atoms with Gasteiger partial charge in [0, 0.05) is 6.07 Å². The van der Waals surface area contributed by atoms with Crippen LogP contribution in [0.1, 0.15) is 0 Å². The zero-order valence-corrected chi connectivity index (χ0v) is 7.47. The van der Waals surface area contributed by atoms with E-state index in [1.807, 2.05) is 0 Å². The number of carbonyl (C=O) groups is 1. The number of alkyl halides is 1. The van der Waals surface area contributed by atoms with Gasteiger partial charge in [0.05, 0.1) is 0 Å². The van der Waals surface area contributed by atoms with Crippen LogP contribution in [0.4, 0.5) is 4.39 Å². The van der Waals surface area contributed by atoms with E-state index in [4.69, 9.17) is 14.6 Å². The number of hydrogen-bond donors (Lipinski definition) is 1. The highest BCUT2D eigenvalue weighted by Crippen LogP contribution is 2.35. The summed E-state index contributed by atoms with van der Waals surface area (Å²) >= 11 is 0. The summed E-state index contributed by atoms with van der Waals surface area (Å²) in [6.07, 6.45) is -2.38. The summed E-state index contributed by atoms with van der Waals surface area (Å²) in [6.45, 7) is 0.0940. The van der Waals surface area contributed by atoms with Crippen molar-refractivity contribution in [3.8, 4) is 17.2 Å². The quantitative estimate of drug-likeness (QED) is 0.818. The minimum absolute atomic E-state index is 0.0779. The summed E-state index contributed by atoms with van der Waals surface area (Å²) in [5.74, 6) is -0.667. The molecule has 5 nitrogen and oxygen atoms in total. The summed E-state index contributed by atoms with van der Waals surface area (Å²) in [5, 5.41) is 8.28. The van der Waals surface area contributed by atoms with E-state index in [1.54, 1.807) is 0 Å². The Balaban J connectivity index is 2.13. The molecule has 80 valence electrons. The molecule has 0 spiro atoms. The summed E-state index contributed by atoms with van der Waals surface area (Å²) in [4.78, 5) is 10.2. The Labute approximate surface area is 84.0 Å². The van der Waals surface area contributed by atoms with Crippen LogP contribution in [-0.2, 0) is 4.79 Å². The molecule has 0 bridgehead atoms. The second kappa shape index (κ2) is 3.64. The predicted molar refractivity (Wildman–Crippen MR) is 45.7 cm³/mol. The second-order valence-electron chi connectivity index (χ2n) is 2.79. The van der Waals surface area contributed by atoms with Crippen LogP contribution in [0.3, 0.4) is 0 Å². The Kier molecular flexibility index (Phi) is 2.32. The molecule has 1 aromatic carbocycles. The second-order valence-corrected chi connectivity index (χ2v) is 2.79. The van der Waals surface area contributed by atoms with Gasteiger partial charge in [-0.25, -0.2) is 4.79 Å². The normalized spacial score (nSPS) is 14.7. The average Bonchev–Trinajstić information content (AvgIpc) is 2.64. The molecule has 1 N–H and O–H groups in total. The first-order valence-corrected chi connectivity index (χ1v) is 4.10. The first-order valence-electron chi connectivity index (χ1n) is 4.10. The third kappa shape index (κ3) is 1.93. The average molecular weight is 214 g/mol. The molecule has 1 atom stereocenters. The van der Waals surface area contributed by atoms with E-state index >= 15 is 0 Å². The van der Waals surface area contributed by atoms with E-state index in [-0.39, 0.29) is 12.5 Å².